The van der Waals surface area contributed by atoms with Crippen LogP contribution in [0.5, 0.6) is 0 Å². The molecule has 0 aromatic heterocycles. The van der Waals surface area contributed by atoms with Crippen molar-refractivity contribution in [3.63, 3.8) is 0 Å². The first-order valence-electron chi connectivity index (χ1n) is 19.2. The van der Waals surface area contributed by atoms with Gasteiger partial charge in [-0.05, 0) is 74.5 Å². The first-order chi connectivity index (χ1) is 27.6. The molecule has 0 heterocycles. The van der Waals surface area contributed by atoms with Gasteiger partial charge in [0.1, 0.15) is 0 Å². The normalized spacial score (nSPS) is 12.8. The molecule has 0 aliphatic heterocycles. The van der Waals surface area contributed by atoms with Gasteiger partial charge < -0.3 is 19.3 Å². The highest BCUT2D eigenvalue weighted by atomic mass is 32.2. The number of rotatable bonds is 27. The molecule has 0 aliphatic carbocycles. The number of hydrogen-bond donors (Lipinski definition) is 0. The summed E-state index contributed by atoms with van der Waals surface area (Å²) in [7, 11) is 2.95. The second-order valence-electron chi connectivity index (χ2n) is 13.5. The zero-order chi connectivity index (χ0) is 43.1. The fourth-order valence-corrected chi connectivity index (χ4v) is 7.97. The zero-order valence-electron chi connectivity index (χ0n) is 33.5. The summed E-state index contributed by atoms with van der Waals surface area (Å²) in [6.45, 7) is 4.61. The number of carbonyl (C=O) groups excluding carboxylic acids is 4. The van der Waals surface area contributed by atoms with Crippen molar-refractivity contribution in [1.29, 1.82) is 0 Å². The maximum Gasteiger partial charge on any atom is 0.417 e. The Morgan fingerprint density at radius 1 is 0.569 bits per heavy atom. The summed E-state index contributed by atoms with van der Waals surface area (Å²) >= 11 is 1.37. The third kappa shape index (κ3) is 17.3. The molecule has 0 saturated heterocycles. The first-order valence-corrected chi connectivity index (χ1v) is 20.8. The molecule has 0 saturated carbocycles. The average molecular weight is 861 g/mol. The highest BCUT2D eigenvalue weighted by molar-refractivity contribution is 8.17. The third-order valence-electron chi connectivity index (χ3n) is 9.37. The molecule has 0 atom stereocenters. The van der Waals surface area contributed by atoms with Gasteiger partial charge in [-0.15, -0.1) is 0 Å². The van der Waals surface area contributed by atoms with Crippen LogP contribution < -0.4 is 0 Å². The monoisotopic (exact) mass is 860 g/mol. The molecule has 2 amide bonds. The Morgan fingerprint density at radius 2 is 0.879 bits per heavy atom. The van der Waals surface area contributed by atoms with Crippen LogP contribution in [0.4, 0.5) is 26.3 Å². The van der Waals surface area contributed by atoms with Gasteiger partial charge in [0.25, 0.3) is 0 Å². The Kier molecular flexibility index (Phi) is 23.1. The van der Waals surface area contributed by atoms with Crippen LogP contribution in [-0.2, 0) is 31.4 Å². The van der Waals surface area contributed by atoms with E-state index in [1.54, 1.807) is 13.8 Å². The van der Waals surface area contributed by atoms with E-state index in [1.165, 1.54) is 48.3 Å². The molecular weight excluding hydrogens is 807 g/mol. The first kappa shape index (κ1) is 50.5. The van der Waals surface area contributed by atoms with Gasteiger partial charge in [0.2, 0.25) is 23.1 Å². The van der Waals surface area contributed by atoms with E-state index < -0.39 is 44.8 Å². The molecule has 322 valence electrons. The second kappa shape index (κ2) is 26.5. The highest BCUT2D eigenvalue weighted by Gasteiger charge is 2.36. The minimum atomic E-state index is -4.68. The van der Waals surface area contributed by atoms with Crippen molar-refractivity contribution in [1.82, 2.24) is 9.80 Å². The molecule has 0 aliphatic rings. The lowest BCUT2D eigenvalue weighted by atomic mass is 10.1. The molecule has 8 nitrogen and oxygen atoms in total. The minimum Gasteiger partial charge on any atom is -0.384 e. The summed E-state index contributed by atoms with van der Waals surface area (Å²) in [5.74, 6) is 0. The van der Waals surface area contributed by atoms with Crippen molar-refractivity contribution in [2.24, 2.45) is 0 Å². The van der Waals surface area contributed by atoms with E-state index in [4.69, 9.17) is 9.47 Å². The van der Waals surface area contributed by atoms with Crippen molar-refractivity contribution < 1.29 is 55.0 Å². The van der Waals surface area contributed by atoms with Gasteiger partial charge in [-0.3, -0.25) is 19.2 Å². The summed E-state index contributed by atoms with van der Waals surface area (Å²) in [5, 5.41) is -1.52. The van der Waals surface area contributed by atoms with Gasteiger partial charge in [-0.2, -0.15) is 26.3 Å². The zero-order valence-corrected chi connectivity index (χ0v) is 35.1. The number of ether oxygens (including phenoxy) is 2. The number of hydrogen-bond acceptors (Lipinski definition) is 8. The van der Waals surface area contributed by atoms with E-state index >= 15 is 0 Å². The van der Waals surface area contributed by atoms with Gasteiger partial charge >= 0.3 is 12.4 Å². The van der Waals surface area contributed by atoms with Crippen LogP contribution in [0, 0.1) is 0 Å². The molecule has 0 unspecified atom stereocenters. The third-order valence-corrected chi connectivity index (χ3v) is 11.7. The van der Waals surface area contributed by atoms with E-state index in [0.717, 1.165) is 75.6 Å². The van der Waals surface area contributed by atoms with Crippen LogP contribution in [0.1, 0.15) is 123 Å². The molecule has 2 aromatic rings. The van der Waals surface area contributed by atoms with Crippen molar-refractivity contribution >= 4 is 46.6 Å². The number of allylic oxidation sites excluding steroid dienone is 2. The maximum atomic E-state index is 13.5. The van der Waals surface area contributed by atoms with E-state index in [9.17, 15) is 45.5 Å². The van der Waals surface area contributed by atoms with Crippen LogP contribution in [0.15, 0.2) is 69.7 Å². The average Bonchev–Trinajstić information content (AvgIpc) is 3.20. The standard InChI is InChI=1S/C42H54F6N2O6S2/c1-31(37(23-27-55-3)57-39(53)33-19-13-15-21-35(33)41(43,44)45)49(29-51)25-17-11-9-7-5-6-8-10-12-18-26-50(30-52)32(2)38(24-28-56-4)58-40(54)34-20-14-16-22-36(34)42(46,47)48/h13-16,19-22,29-30H,5-12,17-18,23-28H2,1-4H3/b37-31-,38-32-. The number of nitrogens with zero attached hydrogens (tertiary/aromatic N) is 2. The Hall–Kier alpha value is -3.60. The van der Waals surface area contributed by atoms with E-state index in [1.807, 2.05) is 0 Å². The smallest absolute Gasteiger partial charge is 0.384 e. The summed E-state index contributed by atoms with van der Waals surface area (Å²) < 4.78 is 91.5. The van der Waals surface area contributed by atoms with Gasteiger partial charge in [0.15, 0.2) is 0 Å². The Labute approximate surface area is 346 Å². The molecule has 0 radical (unpaired) electrons. The van der Waals surface area contributed by atoms with Crippen molar-refractivity contribution in [2.75, 3.05) is 40.5 Å². The number of benzene rings is 2. The van der Waals surface area contributed by atoms with Gasteiger partial charge in [-0.25, -0.2) is 0 Å². The van der Waals surface area contributed by atoms with E-state index in [-0.39, 0.29) is 26.1 Å². The number of unbranched alkanes of at least 4 members (excludes halogenated alkanes) is 9. The van der Waals surface area contributed by atoms with E-state index in [0.29, 0.717) is 83.5 Å². The lowest BCUT2D eigenvalue weighted by Crippen LogP contribution is -2.22. The Balaban J connectivity index is 1.79. The molecule has 2 rings (SSSR count). The Bertz CT molecular complexity index is 1560. The van der Waals surface area contributed by atoms with Gasteiger partial charge in [-0.1, -0.05) is 75.6 Å². The van der Waals surface area contributed by atoms with Crippen LogP contribution in [0.3, 0.4) is 0 Å². The molecule has 58 heavy (non-hydrogen) atoms. The number of halogens is 6. The predicted molar refractivity (Wildman–Crippen MR) is 217 cm³/mol. The molecule has 2 aromatic carbocycles. The second-order valence-corrected chi connectivity index (χ2v) is 15.6. The lowest BCUT2D eigenvalue weighted by Gasteiger charge is -2.22. The molecule has 0 bridgehead atoms. The summed E-state index contributed by atoms with van der Waals surface area (Å²) in [4.78, 5) is 53.9. The molecule has 0 fully saturated rings. The number of methoxy groups -OCH3 is 2. The molecule has 0 N–H and O–H groups in total. The number of carbonyl (C=O) groups is 4. The van der Waals surface area contributed by atoms with Crippen molar-refractivity contribution in [2.45, 2.75) is 103 Å². The summed E-state index contributed by atoms with van der Waals surface area (Å²) in [6, 6.07) is 9.26. The van der Waals surface area contributed by atoms with Crippen LogP contribution >= 0.6 is 23.5 Å². The van der Waals surface area contributed by atoms with E-state index in [2.05, 4.69) is 0 Å². The molecule has 0 spiro atoms. The Morgan fingerprint density at radius 3 is 1.17 bits per heavy atom. The minimum absolute atomic E-state index is 0.225. The van der Waals surface area contributed by atoms with Crippen LogP contribution in [-0.4, -0.2) is 73.4 Å². The fourth-order valence-electron chi connectivity index (χ4n) is 6.05. The lowest BCUT2D eigenvalue weighted by molar-refractivity contribution is -0.138. The topological polar surface area (TPSA) is 93.2 Å². The fraction of sp³-hybridized carbons (Fsp3) is 0.524. The van der Waals surface area contributed by atoms with Gasteiger partial charge in [0, 0.05) is 72.5 Å². The highest BCUT2D eigenvalue weighted by Crippen LogP contribution is 2.38. The number of amides is 2. The predicted octanol–water partition coefficient (Wildman–Crippen LogP) is 11.5. The van der Waals surface area contributed by atoms with Crippen molar-refractivity contribution in [3.8, 4) is 0 Å². The largest absolute Gasteiger partial charge is 0.417 e. The quantitative estimate of drug-likeness (QED) is 0.0498. The van der Waals surface area contributed by atoms with Crippen LogP contribution in [0.25, 0.3) is 0 Å². The van der Waals surface area contributed by atoms with Crippen molar-refractivity contribution in [3.05, 3.63) is 92.0 Å². The number of thioether (sulfide) groups is 2. The molecular formula is C42H54F6N2O6S2. The SMILES string of the molecule is COCC/C(SC(=O)c1ccccc1C(F)(F)F)=C(\C)N(C=O)CCCCCCCCCCCCN(C=O)/C(C)=C(/CCOC)SC(=O)c1ccccc1C(F)(F)F. The molecule has 16 heteroatoms. The summed E-state index contributed by atoms with van der Waals surface area (Å²) in [6.07, 6.45) is 1.66. The van der Waals surface area contributed by atoms with Crippen LogP contribution in [0.2, 0.25) is 0 Å². The maximum absolute atomic E-state index is 13.5. The number of alkyl halides is 6. The summed E-state index contributed by atoms with van der Waals surface area (Å²) in [5.41, 5.74) is -1.89. The van der Waals surface area contributed by atoms with Gasteiger partial charge in [0.05, 0.1) is 24.3 Å².